The van der Waals surface area contributed by atoms with Gasteiger partial charge in [0.2, 0.25) is 0 Å². The average Bonchev–Trinajstić information content (AvgIpc) is 2.27. The molecule has 0 aliphatic heterocycles. The van der Waals surface area contributed by atoms with E-state index in [1.165, 1.54) is 0 Å². The second-order valence-corrected chi connectivity index (χ2v) is 3.50. The summed E-state index contributed by atoms with van der Waals surface area (Å²) >= 11 is 0. The third kappa shape index (κ3) is 1.97. The quantitative estimate of drug-likeness (QED) is 0.632. The number of allylic oxidation sites excluding steroid dienone is 4. The third-order valence-corrected chi connectivity index (χ3v) is 2.59. The van der Waals surface area contributed by atoms with Crippen molar-refractivity contribution in [3.8, 4) is 0 Å². The molecule has 1 aliphatic rings. The van der Waals surface area contributed by atoms with E-state index in [1.54, 1.807) is 12.2 Å². The predicted molar refractivity (Wildman–Crippen MR) is 55.4 cm³/mol. The van der Waals surface area contributed by atoms with E-state index in [2.05, 4.69) is 13.2 Å². The lowest BCUT2D eigenvalue weighted by atomic mass is 9.96. The largest absolute Gasteiger partial charge is 0.294 e. The SMILES string of the molecule is C=CC1=C(C=C)C(=O)C(C)CCC1. The molecule has 13 heavy (non-hydrogen) atoms. The first-order valence-electron chi connectivity index (χ1n) is 4.73. The number of carbonyl (C=O) groups is 1. The number of Topliss-reactive ketones (excluding diaryl/α,β-unsaturated/α-hetero) is 1. The van der Waals surface area contributed by atoms with E-state index in [9.17, 15) is 4.79 Å². The Bertz CT molecular complexity index is 271. The molecule has 0 bridgehead atoms. The average molecular weight is 176 g/mol. The Labute approximate surface area is 79.8 Å². The van der Waals surface area contributed by atoms with Gasteiger partial charge in [-0.05, 0) is 24.8 Å². The second-order valence-electron chi connectivity index (χ2n) is 3.50. The molecule has 0 aromatic carbocycles. The number of rotatable bonds is 2. The summed E-state index contributed by atoms with van der Waals surface area (Å²) in [6, 6.07) is 0. The molecule has 1 heteroatoms. The van der Waals surface area contributed by atoms with Crippen molar-refractivity contribution < 1.29 is 4.79 Å². The third-order valence-electron chi connectivity index (χ3n) is 2.59. The fourth-order valence-corrected chi connectivity index (χ4v) is 1.73. The molecule has 1 nitrogen and oxygen atoms in total. The Morgan fingerprint density at radius 1 is 1.38 bits per heavy atom. The van der Waals surface area contributed by atoms with Crippen LogP contribution < -0.4 is 0 Å². The van der Waals surface area contributed by atoms with Crippen LogP contribution in [0, 0.1) is 5.92 Å². The maximum Gasteiger partial charge on any atom is 0.165 e. The van der Waals surface area contributed by atoms with E-state index < -0.39 is 0 Å². The molecular formula is C12H16O. The van der Waals surface area contributed by atoms with Crippen LogP contribution in [0.15, 0.2) is 36.5 Å². The van der Waals surface area contributed by atoms with Gasteiger partial charge in [-0.3, -0.25) is 4.79 Å². The van der Waals surface area contributed by atoms with E-state index >= 15 is 0 Å². The highest BCUT2D eigenvalue weighted by atomic mass is 16.1. The highest BCUT2D eigenvalue weighted by Gasteiger charge is 2.20. The zero-order valence-electron chi connectivity index (χ0n) is 8.18. The molecular weight excluding hydrogens is 160 g/mol. The van der Waals surface area contributed by atoms with Crippen LogP contribution >= 0.6 is 0 Å². The van der Waals surface area contributed by atoms with E-state index in [4.69, 9.17) is 0 Å². The molecule has 1 atom stereocenters. The summed E-state index contributed by atoms with van der Waals surface area (Å²) in [5, 5.41) is 0. The Morgan fingerprint density at radius 3 is 2.62 bits per heavy atom. The molecule has 0 spiro atoms. The van der Waals surface area contributed by atoms with Gasteiger partial charge in [-0.25, -0.2) is 0 Å². The van der Waals surface area contributed by atoms with Crippen molar-refractivity contribution in [1.82, 2.24) is 0 Å². The van der Waals surface area contributed by atoms with Gasteiger partial charge < -0.3 is 0 Å². The van der Waals surface area contributed by atoms with Crippen LogP contribution in [0.25, 0.3) is 0 Å². The van der Waals surface area contributed by atoms with Crippen LogP contribution in [0.3, 0.4) is 0 Å². The van der Waals surface area contributed by atoms with Gasteiger partial charge in [0.15, 0.2) is 5.78 Å². The Hall–Kier alpha value is -1.11. The first kappa shape index (κ1) is 9.97. The van der Waals surface area contributed by atoms with E-state index in [0.717, 1.165) is 30.4 Å². The lowest BCUT2D eigenvalue weighted by Crippen LogP contribution is -2.11. The van der Waals surface area contributed by atoms with Gasteiger partial charge in [0, 0.05) is 11.5 Å². The van der Waals surface area contributed by atoms with Crippen LogP contribution in [0.2, 0.25) is 0 Å². The van der Waals surface area contributed by atoms with E-state index in [1.807, 2.05) is 6.92 Å². The summed E-state index contributed by atoms with van der Waals surface area (Å²) in [4.78, 5) is 11.8. The van der Waals surface area contributed by atoms with Crippen molar-refractivity contribution in [2.75, 3.05) is 0 Å². The van der Waals surface area contributed by atoms with Crippen molar-refractivity contribution in [1.29, 1.82) is 0 Å². The number of hydrogen-bond donors (Lipinski definition) is 0. The van der Waals surface area contributed by atoms with Gasteiger partial charge in [0.25, 0.3) is 0 Å². The topological polar surface area (TPSA) is 17.1 Å². The molecule has 0 saturated heterocycles. The molecule has 0 N–H and O–H groups in total. The van der Waals surface area contributed by atoms with E-state index in [0.29, 0.717) is 0 Å². The molecule has 0 saturated carbocycles. The van der Waals surface area contributed by atoms with Gasteiger partial charge in [-0.1, -0.05) is 32.2 Å². The molecule has 0 amide bonds. The molecule has 0 aromatic rings. The van der Waals surface area contributed by atoms with Crippen LogP contribution in [-0.2, 0) is 4.79 Å². The lowest BCUT2D eigenvalue weighted by molar-refractivity contribution is -0.118. The van der Waals surface area contributed by atoms with Gasteiger partial charge in [0.05, 0.1) is 0 Å². The van der Waals surface area contributed by atoms with Crippen LogP contribution in [-0.4, -0.2) is 5.78 Å². The van der Waals surface area contributed by atoms with Crippen molar-refractivity contribution in [2.24, 2.45) is 5.92 Å². The van der Waals surface area contributed by atoms with Crippen LogP contribution in [0.4, 0.5) is 0 Å². The highest BCUT2D eigenvalue weighted by Crippen LogP contribution is 2.26. The molecule has 0 heterocycles. The zero-order valence-corrected chi connectivity index (χ0v) is 8.18. The second kappa shape index (κ2) is 4.22. The monoisotopic (exact) mass is 176 g/mol. The lowest BCUT2D eigenvalue weighted by Gasteiger charge is -2.06. The number of carbonyl (C=O) groups excluding carboxylic acids is 1. The molecule has 1 unspecified atom stereocenters. The Morgan fingerprint density at radius 2 is 2.08 bits per heavy atom. The first-order valence-corrected chi connectivity index (χ1v) is 4.73. The zero-order chi connectivity index (χ0) is 9.84. The summed E-state index contributed by atoms with van der Waals surface area (Å²) in [5.41, 5.74) is 1.84. The predicted octanol–water partition coefficient (Wildman–Crippen LogP) is 3.04. The fraction of sp³-hybridized carbons (Fsp3) is 0.417. The molecule has 1 rings (SSSR count). The van der Waals surface area contributed by atoms with Gasteiger partial charge >= 0.3 is 0 Å². The van der Waals surface area contributed by atoms with Gasteiger partial charge in [0.1, 0.15) is 0 Å². The molecule has 0 radical (unpaired) electrons. The minimum Gasteiger partial charge on any atom is -0.294 e. The maximum atomic E-state index is 11.8. The minimum absolute atomic E-state index is 0.144. The standard InChI is InChI=1S/C12H16O/c1-4-10-8-6-7-9(3)12(13)11(10)5-2/h4-5,9H,1-2,6-8H2,3H3. The molecule has 0 aromatic heterocycles. The summed E-state index contributed by atoms with van der Waals surface area (Å²) in [6.07, 6.45) is 6.47. The van der Waals surface area contributed by atoms with Crippen LogP contribution in [0.5, 0.6) is 0 Å². The summed E-state index contributed by atoms with van der Waals surface area (Å²) in [6.45, 7) is 9.39. The van der Waals surface area contributed by atoms with Crippen molar-refractivity contribution in [3.63, 3.8) is 0 Å². The minimum atomic E-state index is 0.144. The van der Waals surface area contributed by atoms with Crippen molar-refractivity contribution in [2.45, 2.75) is 26.2 Å². The van der Waals surface area contributed by atoms with Gasteiger partial charge in [-0.15, -0.1) is 0 Å². The summed E-state index contributed by atoms with van der Waals surface area (Å²) in [7, 11) is 0. The van der Waals surface area contributed by atoms with Crippen LogP contribution in [0.1, 0.15) is 26.2 Å². The fourth-order valence-electron chi connectivity index (χ4n) is 1.73. The van der Waals surface area contributed by atoms with Crippen molar-refractivity contribution >= 4 is 5.78 Å². The Kier molecular flexibility index (Phi) is 3.24. The normalized spacial score (nSPS) is 24.1. The maximum absolute atomic E-state index is 11.8. The number of ketones is 1. The van der Waals surface area contributed by atoms with E-state index in [-0.39, 0.29) is 11.7 Å². The van der Waals surface area contributed by atoms with Crippen molar-refractivity contribution in [3.05, 3.63) is 36.5 Å². The molecule has 70 valence electrons. The molecule has 0 fully saturated rings. The Balaban J connectivity index is 3.08. The summed E-state index contributed by atoms with van der Waals surface area (Å²) < 4.78 is 0. The summed E-state index contributed by atoms with van der Waals surface area (Å²) in [5.74, 6) is 0.368. The highest BCUT2D eigenvalue weighted by molar-refractivity contribution is 6.00. The number of hydrogen-bond acceptors (Lipinski definition) is 1. The smallest absolute Gasteiger partial charge is 0.165 e. The first-order chi connectivity index (χ1) is 6.20. The van der Waals surface area contributed by atoms with Gasteiger partial charge in [-0.2, -0.15) is 0 Å². The molecule has 1 aliphatic carbocycles.